The predicted molar refractivity (Wildman–Crippen MR) is 41.6 cm³/mol. The van der Waals surface area contributed by atoms with E-state index in [0.717, 1.165) is 12.8 Å². The summed E-state index contributed by atoms with van der Waals surface area (Å²) in [6.07, 6.45) is 4.99. The highest BCUT2D eigenvalue weighted by molar-refractivity contribution is 5.94. The maximum Gasteiger partial charge on any atom is 0.250 e. The Kier molecular flexibility index (Phi) is 6.22. The monoisotopic (exact) mass is 156 g/mol. The number of nitrogens with one attached hydrogen (secondary N) is 1. The van der Waals surface area contributed by atoms with Crippen molar-refractivity contribution in [1.29, 1.82) is 0 Å². The van der Waals surface area contributed by atoms with E-state index < -0.39 is 5.91 Å². The van der Waals surface area contributed by atoms with Gasteiger partial charge < -0.3 is 5.73 Å². The highest BCUT2D eigenvalue weighted by Gasteiger charge is 1.88. The fraction of sp³-hybridized carbons (Fsp3) is 0.429. The van der Waals surface area contributed by atoms with Gasteiger partial charge in [-0.2, -0.15) is 0 Å². The SMILES string of the molecule is NCCCC=CC(=O)NC=O. The van der Waals surface area contributed by atoms with Crippen LogP contribution in [0.4, 0.5) is 0 Å². The van der Waals surface area contributed by atoms with Crippen molar-refractivity contribution in [3.05, 3.63) is 12.2 Å². The number of nitrogens with two attached hydrogens (primary N) is 1. The molecule has 0 fully saturated rings. The molecule has 0 aliphatic rings. The van der Waals surface area contributed by atoms with Gasteiger partial charge in [0.2, 0.25) is 12.3 Å². The molecule has 3 N–H and O–H groups in total. The second-order valence-corrected chi connectivity index (χ2v) is 1.96. The van der Waals surface area contributed by atoms with Crippen LogP contribution in [0.15, 0.2) is 12.2 Å². The molecule has 0 aromatic carbocycles. The third-order valence-electron chi connectivity index (χ3n) is 1.05. The molecule has 0 atom stereocenters. The summed E-state index contributed by atoms with van der Waals surface area (Å²) in [6, 6.07) is 0. The lowest BCUT2D eigenvalue weighted by Gasteiger charge is -1.89. The summed E-state index contributed by atoms with van der Waals surface area (Å²) >= 11 is 0. The molecule has 0 aromatic rings. The van der Waals surface area contributed by atoms with E-state index in [1.165, 1.54) is 6.08 Å². The number of hydrogen-bond donors (Lipinski definition) is 2. The Balaban J connectivity index is 3.40. The number of allylic oxidation sites excluding steroid dienone is 1. The Morgan fingerprint density at radius 2 is 2.27 bits per heavy atom. The van der Waals surface area contributed by atoms with Gasteiger partial charge in [-0.25, -0.2) is 0 Å². The van der Waals surface area contributed by atoms with Gasteiger partial charge in [0.25, 0.3) is 0 Å². The van der Waals surface area contributed by atoms with Gasteiger partial charge in [0.1, 0.15) is 0 Å². The van der Waals surface area contributed by atoms with Gasteiger partial charge in [-0.3, -0.25) is 14.9 Å². The minimum absolute atomic E-state index is 0.357. The van der Waals surface area contributed by atoms with Crippen molar-refractivity contribution in [1.82, 2.24) is 5.32 Å². The zero-order valence-corrected chi connectivity index (χ0v) is 6.25. The number of carbonyl (C=O) groups is 2. The van der Waals surface area contributed by atoms with E-state index in [1.54, 1.807) is 6.08 Å². The van der Waals surface area contributed by atoms with Gasteiger partial charge in [0, 0.05) is 0 Å². The number of hydrogen-bond acceptors (Lipinski definition) is 3. The quantitative estimate of drug-likeness (QED) is 0.322. The van der Waals surface area contributed by atoms with Crippen molar-refractivity contribution in [2.24, 2.45) is 5.73 Å². The first kappa shape index (κ1) is 9.84. The van der Waals surface area contributed by atoms with Crippen LogP contribution in [0.3, 0.4) is 0 Å². The Hall–Kier alpha value is -1.16. The lowest BCUT2D eigenvalue weighted by molar-refractivity contribution is -0.121. The van der Waals surface area contributed by atoms with Gasteiger partial charge >= 0.3 is 0 Å². The largest absolute Gasteiger partial charge is 0.330 e. The van der Waals surface area contributed by atoms with Crippen LogP contribution in [0, 0.1) is 0 Å². The number of imide groups is 1. The average Bonchev–Trinajstić information content (AvgIpc) is 1.99. The molecule has 0 aromatic heterocycles. The highest BCUT2D eigenvalue weighted by Crippen LogP contribution is 1.86. The molecule has 0 saturated carbocycles. The maximum atomic E-state index is 10.5. The van der Waals surface area contributed by atoms with E-state index in [-0.39, 0.29) is 0 Å². The Labute approximate surface area is 65.5 Å². The molecule has 0 radical (unpaired) electrons. The van der Waals surface area contributed by atoms with Gasteiger partial charge in [0.15, 0.2) is 0 Å². The predicted octanol–water partition coefficient (Wildman–Crippen LogP) is -0.446. The zero-order valence-electron chi connectivity index (χ0n) is 6.25. The molecule has 0 heterocycles. The standard InChI is InChI=1S/C7H12N2O2/c8-5-3-1-2-4-7(11)9-6-10/h2,4,6H,1,3,5,8H2,(H,9,10,11). The molecule has 62 valence electrons. The van der Waals surface area contributed by atoms with Crippen LogP contribution < -0.4 is 11.1 Å². The van der Waals surface area contributed by atoms with Crippen LogP contribution in [0.25, 0.3) is 0 Å². The van der Waals surface area contributed by atoms with Crippen molar-refractivity contribution in [3.8, 4) is 0 Å². The second-order valence-electron chi connectivity index (χ2n) is 1.96. The van der Waals surface area contributed by atoms with Crippen molar-refractivity contribution in [2.75, 3.05) is 6.54 Å². The van der Waals surface area contributed by atoms with Gasteiger partial charge in [-0.05, 0) is 25.5 Å². The van der Waals surface area contributed by atoms with E-state index in [1.807, 2.05) is 5.32 Å². The third kappa shape index (κ3) is 6.73. The summed E-state index contributed by atoms with van der Waals surface area (Å²) in [7, 11) is 0. The number of rotatable bonds is 5. The van der Waals surface area contributed by atoms with Crippen LogP contribution in [-0.4, -0.2) is 18.9 Å². The summed E-state index contributed by atoms with van der Waals surface area (Å²) < 4.78 is 0. The summed E-state index contributed by atoms with van der Waals surface area (Å²) in [5, 5.41) is 1.98. The molecule has 2 amide bonds. The van der Waals surface area contributed by atoms with Gasteiger partial charge in [0.05, 0.1) is 0 Å². The number of carbonyl (C=O) groups excluding carboxylic acids is 2. The first-order valence-electron chi connectivity index (χ1n) is 3.42. The Bertz CT molecular complexity index is 155. The van der Waals surface area contributed by atoms with E-state index in [9.17, 15) is 9.59 Å². The van der Waals surface area contributed by atoms with E-state index in [2.05, 4.69) is 0 Å². The third-order valence-corrected chi connectivity index (χ3v) is 1.05. The van der Waals surface area contributed by atoms with Crippen molar-refractivity contribution < 1.29 is 9.59 Å². The number of unbranched alkanes of at least 4 members (excludes halogenated alkanes) is 1. The van der Waals surface area contributed by atoms with Crippen LogP contribution in [0.1, 0.15) is 12.8 Å². The fourth-order valence-corrected chi connectivity index (χ4v) is 0.532. The Morgan fingerprint density at radius 3 is 2.82 bits per heavy atom. The first-order chi connectivity index (χ1) is 5.31. The number of amides is 2. The first-order valence-corrected chi connectivity index (χ1v) is 3.42. The minimum Gasteiger partial charge on any atom is -0.330 e. The summed E-state index contributed by atoms with van der Waals surface area (Å²) in [5.41, 5.74) is 5.21. The van der Waals surface area contributed by atoms with Crippen molar-refractivity contribution in [2.45, 2.75) is 12.8 Å². The topological polar surface area (TPSA) is 72.2 Å². The fourth-order valence-electron chi connectivity index (χ4n) is 0.532. The van der Waals surface area contributed by atoms with Crippen LogP contribution >= 0.6 is 0 Å². The molecule has 4 heteroatoms. The molecule has 0 saturated heterocycles. The van der Waals surface area contributed by atoms with Crippen molar-refractivity contribution >= 4 is 12.3 Å². The van der Waals surface area contributed by atoms with Gasteiger partial charge in [-0.15, -0.1) is 0 Å². The highest BCUT2D eigenvalue weighted by atomic mass is 16.2. The molecule has 4 nitrogen and oxygen atoms in total. The lowest BCUT2D eigenvalue weighted by atomic mass is 10.3. The minimum atomic E-state index is -0.392. The lowest BCUT2D eigenvalue weighted by Crippen LogP contribution is -2.18. The smallest absolute Gasteiger partial charge is 0.250 e. The molecule has 0 rings (SSSR count). The van der Waals surface area contributed by atoms with E-state index in [0.29, 0.717) is 13.0 Å². The summed E-state index contributed by atoms with van der Waals surface area (Å²) in [5.74, 6) is -0.392. The molecule has 11 heavy (non-hydrogen) atoms. The molecule has 0 bridgehead atoms. The second kappa shape index (κ2) is 6.95. The van der Waals surface area contributed by atoms with Crippen LogP contribution in [-0.2, 0) is 9.59 Å². The molecule has 0 aliphatic heterocycles. The van der Waals surface area contributed by atoms with Gasteiger partial charge in [-0.1, -0.05) is 6.08 Å². The van der Waals surface area contributed by atoms with E-state index in [4.69, 9.17) is 5.73 Å². The average molecular weight is 156 g/mol. The van der Waals surface area contributed by atoms with Crippen LogP contribution in [0.5, 0.6) is 0 Å². The van der Waals surface area contributed by atoms with E-state index >= 15 is 0 Å². The summed E-state index contributed by atoms with van der Waals surface area (Å²) in [6.45, 7) is 0.611. The van der Waals surface area contributed by atoms with Crippen LogP contribution in [0.2, 0.25) is 0 Å². The molecule has 0 unspecified atom stereocenters. The van der Waals surface area contributed by atoms with Crippen molar-refractivity contribution in [3.63, 3.8) is 0 Å². The normalized spacial score (nSPS) is 9.91. The molecular formula is C7H12N2O2. The zero-order chi connectivity index (χ0) is 8.53. The molecular weight excluding hydrogens is 144 g/mol. The maximum absolute atomic E-state index is 10.5. The molecule has 0 aliphatic carbocycles. The Morgan fingerprint density at radius 1 is 1.55 bits per heavy atom. The summed E-state index contributed by atoms with van der Waals surface area (Å²) in [4.78, 5) is 20.3. The molecule has 0 spiro atoms.